The molecule has 19 heavy (non-hydrogen) atoms. The van der Waals surface area contributed by atoms with Crippen LogP contribution < -0.4 is 5.32 Å². The molecule has 0 atom stereocenters. The van der Waals surface area contributed by atoms with Gasteiger partial charge in [-0.05, 0) is 39.1 Å². The molecule has 1 aromatic heterocycles. The van der Waals surface area contributed by atoms with Crippen LogP contribution in [0.5, 0.6) is 0 Å². The number of hydrogen-bond donors (Lipinski definition) is 2. The van der Waals surface area contributed by atoms with E-state index in [1.54, 1.807) is 0 Å². The van der Waals surface area contributed by atoms with E-state index in [9.17, 15) is 18.0 Å². The highest BCUT2D eigenvalue weighted by atomic mass is 19.4. The molecule has 0 unspecified atom stereocenters. The molecule has 1 aliphatic carbocycles. The number of nitrogens with one attached hydrogen (secondary N) is 2. The van der Waals surface area contributed by atoms with Crippen LogP contribution >= 0.6 is 0 Å². The number of aromatic amines is 1. The van der Waals surface area contributed by atoms with Crippen molar-refractivity contribution in [2.45, 2.75) is 24.6 Å². The summed E-state index contributed by atoms with van der Waals surface area (Å²) in [6, 6.07) is 2.02. The first-order chi connectivity index (χ1) is 8.74. The molecule has 2 rings (SSSR count). The van der Waals surface area contributed by atoms with Gasteiger partial charge >= 0.3 is 6.18 Å². The third-order valence-corrected chi connectivity index (χ3v) is 3.59. The summed E-state index contributed by atoms with van der Waals surface area (Å²) in [6.07, 6.45) is -2.49. The Hall–Kier alpha value is -1.50. The van der Waals surface area contributed by atoms with Gasteiger partial charge in [-0.1, -0.05) is 0 Å². The first-order valence-corrected chi connectivity index (χ1v) is 5.96. The zero-order chi connectivity index (χ0) is 14.3. The lowest BCUT2D eigenvalue weighted by Gasteiger charge is -2.23. The maximum Gasteiger partial charge on any atom is 0.431 e. The molecular weight excluding hydrogens is 259 g/mol. The van der Waals surface area contributed by atoms with Crippen LogP contribution in [0, 0.1) is 0 Å². The molecule has 1 aromatic rings. The van der Waals surface area contributed by atoms with Gasteiger partial charge in [0.05, 0.1) is 0 Å². The zero-order valence-electron chi connectivity index (χ0n) is 10.8. The number of H-pyrrole nitrogens is 1. The van der Waals surface area contributed by atoms with Crippen LogP contribution in [0.4, 0.5) is 13.2 Å². The van der Waals surface area contributed by atoms with Gasteiger partial charge < -0.3 is 15.2 Å². The van der Waals surface area contributed by atoms with Gasteiger partial charge in [0.15, 0.2) is 0 Å². The Morgan fingerprint density at radius 3 is 2.47 bits per heavy atom. The molecule has 1 amide bonds. The third kappa shape index (κ3) is 2.91. The molecule has 0 radical (unpaired) electrons. The second kappa shape index (κ2) is 4.56. The quantitative estimate of drug-likeness (QED) is 0.881. The molecule has 1 saturated carbocycles. The number of nitrogens with zero attached hydrogens (tertiary/aromatic N) is 1. The van der Waals surface area contributed by atoms with Crippen LogP contribution in [0.2, 0.25) is 0 Å². The monoisotopic (exact) mass is 275 g/mol. The molecule has 0 aromatic carbocycles. The van der Waals surface area contributed by atoms with E-state index in [0.717, 1.165) is 25.0 Å². The molecule has 7 heteroatoms. The minimum Gasteiger partial charge on any atom is -0.349 e. The summed E-state index contributed by atoms with van der Waals surface area (Å²) in [5.74, 6) is -0.511. The van der Waals surface area contributed by atoms with Gasteiger partial charge in [0.2, 0.25) is 0 Å². The zero-order valence-corrected chi connectivity index (χ0v) is 10.8. The predicted octanol–water partition coefficient (Wildman–Crippen LogP) is 1.86. The van der Waals surface area contributed by atoms with E-state index in [-0.39, 0.29) is 11.2 Å². The normalized spacial score (nSPS) is 17.6. The van der Waals surface area contributed by atoms with E-state index in [0.29, 0.717) is 6.54 Å². The van der Waals surface area contributed by atoms with Gasteiger partial charge in [-0.25, -0.2) is 0 Å². The van der Waals surface area contributed by atoms with Gasteiger partial charge in [0.25, 0.3) is 5.91 Å². The lowest BCUT2D eigenvalue weighted by molar-refractivity contribution is -0.140. The van der Waals surface area contributed by atoms with Crippen molar-refractivity contribution < 1.29 is 18.0 Å². The third-order valence-electron chi connectivity index (χ3n) is 3.59. The van der Waals surface area contributed by atoms with Crippen LogP contribution in [0.25, 0.3) is 0 Å². The Balaban J connectivity index is 1.96. The number of likely N-dealkylation sites (N-methyl/N-ethyl adjacent to an activating group) is 1. The average molecular weight is 275 g/mol. The summed E-state index contributed by atoms with van der Waals surface area (Å²) < 4.78 is 37.2. The fourth-order valence-corrected chi connectivity index (χ4v) is 1.96. The summed E-state index contributed by atoms with van der Waals surface area (Å²) in [6.45, 7) is 0.444. The predicted molar refractivity (Wildman–Crippen MR) is 63.8 cm³/mol. The molecule has 0 spiro atoms. The number of carbonyl (C=O) groups is 1. The van der Waals surface area contributed by atoms with Crippen molar-refractivity contribution in [2.24, 2.45) is 0 Å². The van der Waals surface area contributed by atoms with Gasteiger partial charge in [0, 0.05) is 12.1 Å². The van der Waals surface area contributed by atoms with Gasteiger partial charge in [-0.15, -0.1) is 0 Å². The van der Waals surface area contributed by atoms with Crippen molar-refractivity contribution in [1.82, 2.24) is 15.2 Å². The van der Waals surface area contributed by atoms with Crippen molar-refractivity contribution in [3.05, 3.63) is 23.5 Å². The van der Waals surface area contributed by atoms with E-state index >= 15 is 0 Å². The summed E-state index contributed by atoms with van der Waals surface area (Å²) in [5, 5.41) is 2.67. The molecule has 106 valence electrons. The van der Waals surface area contributed by atoms with Crippen molar-refractivity contribution in [3.63, 3.8) is 0 Å². The van der Waals surface area contributed by atoms with Gasteiger partial charge in [-0.2, -0.15) is 13.2 Å². The molecule has 0 aliphatic heterocycles. The minimum absolute atomic E-state index is 0.0326. The molecular formula is C12H16F3N3O. The number of rotatable bonds is 4. The highest BCUT2D eigenvalue weighted by Gasteiger charge is 2.44. The Morgan fingerprint density at radius 1 is 1.42 bits per heavy atom. The first-order valence-electron chi connectivity index (χ1n) is 5.96. The molecule has 1 heterocycles. The van der Waals surface area contributed by atoms with E-state index in [2.05, 4.69) is 10.3 Å². The maximum atomic E-state index is 12.4. The van der Waals surface area contributed by atoms with E-state index in [1.807, 2.05) is 19.0 Å². The Kier molecular flexibility index (Phi) is 3.34. The summed E-state index contributed by atoms with van der Waals surface area (Å²) >= 11 is 0. The van der Waals surface area contributed by atoms with E-state index < -0.39 is 17.8 Å². The number of alkyl halides is 3. The lowest BCUT2D eigenvalue weighted by Crippen LogP contribution is -2.42. The number of halogens is 3. The SMILES string of the molecule is CN(C)C1(CNC(=O)c2ccc(C(F)(F)F)[nH]2)CC1. The number of amides is 1. The molecule has 0 saturated heterocycles. The highest BCUT2D eigenvalue weighted by molar-refractivity contribution is 5.92. The van der Waals surface area contributed by atoms with Crippen LogP contribution in [0.1, 0.15) is 29.0 Å². The van der Waals surface area contributed by atoms with Crippen LogP contribution in [0.15, 0.2) is 12.1 Å². The fraction of sp³-hybridized carbons (Fsp3) is 0.583. The summed E-state index contributed by atoms with van der Waals surface area (Å²) in [4.78, 5) is 15.9. The van der Waals surface area contributed by atoms with Crippen molar-refractivity contribution in [3.8, 4) is 0 Å². The fourth-order valence-electron chi connectivity index (χ4n) is 1.96. The Morgan fingerprint density at radius 2 is 2.05 bits per heavy atom. The topological polar surface area (TPSA) is 48.1 Å². The second-order valence-electron chi connectivity index (χ2n) is 5.08. The molecule has 2 N–H and O–H groups in total. The Labute approximate surface area is 109 Å². The van der Waals surface area contributed by atoms with Gasteiger partial charge in [0.1, 0.15) is 11.4 Å². The number of hydrogen-bond acceptors (Lipinski definition) is 2. The number of aromatic nitrogens is 1. The molecule has 1 fully saturated rings. The minimum atomic E-state index is -4.46. The maximum absolute atomic E-state index is 12.4. The second-order valence-corrected chi connectivity index (χ2v) is 5.08. The summed E-state index contributed by atoms with van der Waals surface area (Å²) in [7, 11) is 3.85. The Bertz CT molecular complexity index is 475. The van der Waals surface area contributed by atoms with Crippen molar-refractivity contribution in [2.75, 3.05) is 20.6 Å². The van der Waals surface area contributed by atoms with Crippen molar-refractivity contribution in [1.29, 1.82) is 0 Å². The molecule has 4 nitrogen and oxygen atoms in total. The highest BCUT2D eigenvalue weighted by Crippen LogP contribution is 2.39. The largest absolute Gasteiger partial charge is 0.431 e. The molecule has 1 aliphatic rings. The van der Waals surface area contributed by atoms with Crippen LogP contribution in [-0.4, -0.2) is 42.0 Å². The lowest BCUT2D eigenvalue weighted by atomic mass is 10.2. The standard InChI is InChI=1S/C12H16F3N3O/c1-18(2)11(5-6-11)7-16-10(19)8-3-4-9(17-8)12(13,14)15/h3-4,17H,5-7H2,1-2H3,(H,16,19). The van der Waals surface area contributed by atoms with E-state index in [1.165, 1.54) is 0 Å². The van der Waals surface area contributed by atoms with Gasteiger partial charge in [-0.3, -0.25) is 4.79 Å². The smallest absolute Gasteiger partial charge is 0.349 e. The van der Waals surface area contributed by atoms with Crippen LogP contribution in [-0.2, 0) is 6.18 Å². The van der Waals surface area contributed by atoms with Crippen molar-refractivity contribution >= 4 is 5.91 Å². The molecule has 0 bridgehead atoms. The van der Waals surface area contributed by atoms with Crippen LogP contribution in [0.3, 0.4) is 0 Å². The first kappa shape index (κ1) is 13.9. The van der Waals surface area contributed by atoms with E-state index in [4.69, 9.17) is 0 Å². The average Bonchev–Trinajstić information content (AvgIpc) is 2.92. The summed E-state index contributed by atoms with van der Waals surface area (Å²) in [5.41, 5.74) is -1.01. The number of carbonyl (C=O) groups excluding carboxylic acids is 1.